The van der Waals surface area contributed by atoms with Crippen LogP contribution in [-0.2, 0) is 26.2 Å². The number of benzene rings is 3. The standard InChI is InChI=1S/C30H37N3O6S/c1-6-22(2)31-30(35)23(3)32(20-24-12-16-26(38-4)17-13-24)29(34)21-33(25-14-18-27(39-5)19-15-25)40(36,37)28-10-8-7-9-11-28/h7-19,22-23H,6,20-21H2,1-5H3,(H,31,35)/t22-,23-/m0/s1. The van der Waals surface area contributed by atoms with E-state index < -0.39 is 28.5 Å². The molecule has 3 rings (SSSR count). The predicted octanol–water partition coefficient (Wildman–Crippen LogP) is 4.23. The molecule has 0 unspecified atom stereocenters. The van der Waals surface area contributed by atoms with E-state index in [1.165, 1.54) is 24.1 Å². The second-order valence-electron chi connectivity index (χ2n) is 9.39. The second-order valence-corrected chi connectivity index (χ2v) is 11.2. The maximum absolute atomic E-state index is 13.9. The van der Waals surface area contributed by atoms with Gasteiger partial charge >= 0.3 is 0 Å². The molecule has 0 fully saturated rings. The first-order valence-electron chi connectivity index (χ1n) is 13.0. The first kappa shape index (κ1) is 30.5. The average Bonchev–Trinajstić information content (AvgIpc) is 2.98. The Balaban J connectivity index is 2.01. The molecule has 0 spiro atoms. The molecule has 0 heterocycles. The van der Waals surface area contributed by atoms with Gasteiger partial charge in [-0.2, -0.15) is 0 Å². The molecule has 0 radical (unpaired) electrons. The molecule has 1 N–H and O–H groups in total. The van der Waals surface area contributed by atoms with E-state index in [9.17, 15) is 18.0 Å². The molecule has 0 saturated heterocycles. The molecular formula is C30H37N3O6S. The molecule has 0 bridgehead atoms. The van der Waals surface area contributed by atoms with Crippen molar-refractivity contribution in [3.05, 3.63) is 84.4 Å². The van der Waals surface area contributed by atoms with Gasteiger partial charge in [0.2, 0.25) is 11.8 Å². The number of rotatable bonds is 13. The van der Waals surface area contributed by atoms with Crippen molar-refractivity contribution in [2.75, 3.05) is 25.1 Å². The number of methoxy groups -OCH3 is 2. The lowest BCUT2D eigenvalue weighted by molar-refractivity contribution is -0.139. The number of anilines is 1. The molecule has 0 saturated carbocycles. The summed E-state index contributed by atoms with van der Waals surface area (Å²) < 4.78 is 39.1. The van der Waals surface area contributed by atoms with Crippen molar-refractivity contribution in [2.45, 2.75) is 50.7 Å². The van der Waals surface area contributed by atoms with E-state index in [1.807, 2.05) is 13.8 Å². The highest BCUT2D eigenvalue weighted by molar-refractivity contribution is 7.92. The molecule has 3 aromatic carbocycles. The van der Waals surface area contributed by atoms with Gasteiger partial charge in [0.25, 0.3) is 10.0 Å². The monoisotopic (exact) mass is 567 g/mol. The third kappa shape index (κ3) is 7.53. The lowest BCUT2D eigenvalue weighted by Crippen LogP contribution is -2.52. The normalized spacial score (nSPS) is 12.6. The van der Waals surface area contributed by atoms with Gasteiger partial charge in [0.1, 0.15) is 24.1 Å². The summed E-state index contributed by atoms with van der Waals surface area (Å²) in [5, 5.41) is 2.92. The Bertz CT molecular complexity index is 1360. The summed E-state index contributed by atoms with van der Waals surface area (Å²) in [6.45, 7) is 5.07. The van der Waals surface area contributed by atoms with Gasteiger partial charge in [0, 0.05) is 12.6 Å². The lowest BCUT2D eigenvalue weighted by atomic mass is 10.1. The van der Waals surface area contributed by atoms with E-state index in [0.29, 0.717) is 17.2 Å². The lowest BCUT2D eigenvalue weighted by Gasteiger charge is -2.32. The Morgan fingerprint density at radius 1 is 0.850 bits per heavy atom. The van der Waals surface area contributed by atoms with Crippen molar-refractivity contribution in [1.29, 1.82) is 0 Å². The van der Waals surface area contributed by atoms with Crippen molar-refractivity contribution < 1.29 is 27.5 Å². The van der Waals surface area contributed by atoms with Crippen LogP contribution in [0.15, 0.2) is 83.8 Å². The van der Waals surface area contributed by atoms with Crippen LogP contribution in [0, 0.1) is 0 Å². The number of amides is 2. The number of carbonyl (C=O) groups is 2. The topological polar surface area (TPSA) is 105 Å². The van der Waals surface area contributed by atoms with Gasteiger partial charge in [0.15, 0.2) is 0 Å². The summed E-state index contributed by atoms with van der Waals surface area (Å²) in [4.78, 5) is 28.5. The number of nitrogens with one attached hydrogen (secondary N) is 1. The van der Waals surface area contributed by atoms with E-state index in [-0.39, 0.29) is 23.4 Å². The zero-order valence-electron chi connectivity index (χ0n) is 23.5. The van der Waals surface area contributed by atoms with Crippen LogP contribution in [-0.4, -0.2) is 58.0 Å². The zero-order chi connectivity index (χ0) is 29.3. The third-order valence-corrected chi connectivity index (χ3v) is 8.44. The number of hydrogen-bond donors (Lipinski definition) is 1. The molecule has 0 aliphatic carbocycles. The fourth-order valence-corrected chi connectivity index (χ4v) is 5.41. The van der Waals surface area contributed by atoms with E-state index in [2.05, 4.69) is 5.32 Å². The van der Waals surface area contributed by atoms with Crippen molar-refractivity contribution >= 4 is 27.5 Å². The van der Waals surface area contributed by atoms with Gasteiger partial charge in [0.05, 0.1) is 24.8 Å². The van der Waals surface area contributed by atoms with Crippen LogP contribution >= 0.6 is 0 Å². The SMILES string of the molecule is CC[C@H](C)NC(=O)[C@H](C)N(Cc1ccc(OC)cc1)C(=O)CN(c1ccc(OC)cc1)S(=O)(=O)c1ccccc1. The van der Waals surface area contributed by atoms with Gasteiger partial charge in [-0.1, -0.05) is 37.3 Å². The minimum absolute atomic E-state index is 0.0443. The Hall–Kier alpha value is -4.05. The van der Waals surface area contributed by atoms with Crippen LogP contribution in [0.3, 0.4) is 0 Å². The van der Waals surface area contributed by atoms with Crippen LogP contribution in [0.4, 0.5) is 5.69 Å². The maximum atomic E-state index is 13.9. The zero-order valence-corrected chi connectivity index (χ0v) is 24.4. The molecule has 40 heavy (non-hydrogen) atoms. The summed E-state index contributed by atoms with van der Waals surface area (Å²) in [7, 11) is -1.05. The van der Waals surface area contributed by atoms with Crippen LogP contribution in [0.1, 0.15) is 32.8 Å². The van der Waals surface area contributed by atoms with Gasteiger partial charge in [-0.25, -0.2) is 8.42 Å². The Kier molecular flexibility index (Phi) is 10.6. The Labute approximate surface area is 236 Å². The van der Waals surface area contributed by atoms with Crippen molar-refractivity contribution in [2.24, 2.45) is 0 Å². The number of hydrogen-bond acceptors (Lipinski definition) is 6. The molecule has 2 atom stereocenters. The number of carbonyl (C=O) groups excluding carboxylic acids is 2. The second kappa shape index (κ2) is 13.8. The van der Waals surface area contributed by atoms with Crippen LogP contribution in [0.25, 0.3) is 0 Å². The molecule has 10 heteroatoms. The molecule has 0 aliphatic heterocycles. The molecule has 2 amide bonds. The van der Waals surface area contributed by atoms with Crippen molar-refractivity contribution in [1.82, 2.24) is 10.2 Å². The highest BCUT2D eigenvalue weighted by Crippen LogP contribution is 2.26. The summed E-state index contributed by atoms with van der Waals surface area (Å²) in [6.07, 6.45) is 0.728. The van der Waals surface area contributed by atoms with Crippen molar-refractivity contribution in [3.8, 4) is 11.5 Å². The molecule has 3 aromatic rings. The van der Waals surface area contributed by atoms with E-state index in [4.69, 9.17) is 9.47 Å². The predicted molar refractivity (Wildman–Crippen MR) is 155 cm³/mol. The highest BCUT2D eigenvalue weighted by Gasteiger charge is 2.32. The first-order chi connectivity index (χ1) is 19.1. The summed E-state index contributed by atoms with van der Waals surface area (Å²) in [6, 6.07) is 20.6. The molecular weight excluding hydrogens is 530 g/mol. The smallest absolute Gasteiger partial charge is 0.264 e. The molecule has 214 valence electrons. The first-order valence-corrected chi connectivity index (χ1v) is 14.5. The number of nitrogens with zero attached hydrogens (tertiary/aromatic N) is 2. The van der Waals surface area contributed by atoms with Gasteiger partial charge in [-0.15, -0.1) is 0 Å². The summed E-state index contributed by atoms with van der Waals surface area (Å²) >= 11 is 0. The minimum Gasteiger partial charge on any atom is -0.497 e. The molecule has 0 aliphatic rings. The Morgan fingerprint density at radius 3 is 1.93 bits per heavy atom. The fourth-order valence-electron chi connectivity index (χ4n) is 3.97. The van der Waals surface area contributed by atoms with Crippen LogP contribution in [0.5, 0.6) is 11.5 Å². The number of sulfonamides is 1. The van der Waals surface area contributed by atoms with Crippen LogP contribution in [0.2, 0.25) is 0 Å². The van der Waals surface area contributed by atoms with Crippen LogP contribution < -0.4 is 19.1 Å². The average molecular weight is 568 g/mol. The van der Waals surface area contributed by atoms with E-state index in [1.54, 1.807) is 80.8 Å². The molecule has 0 aromatic heterocycles. The quantitative estimate of drug-likeness (QED) is 0.332. The van der Waals surface area contributed by atoms with Gasteiger partial charge in [-0.3, -0.25) is 13.9 Å². The minimum atomic E-state index is -4.13. The van der Waals surface area contributed by atoms with Crippen molar-refractivity contribution in [3.63, 3.8) is 0 Å². The largest absolute Gasteiger partial charge is 0.497 e. The van der Waals surface area contributed by atoms with E-state index in [0.717, 1.165) is 16.3 Å². The fraction of sp³-hybridized carbons (Fsp3) is 0.333. The maximum Gasteiger partial charge on any atom is 0.264 e. The number of ether oxygens (including phenoxy) is 2. The van der Waals surface area contributed by atoms with E-state index >= 15 is 0 Å². The summed E-state index contributed by atoms with van der Waals surface area (Å²) in [5.41, 5.74) is 1.05. The Morgan fingerprint density at radius 2 is 1.40 bits per heavy atom. The highest BCUT2D eigenvalue weighted by atomic mass is 32.2. The third-order valence-electron chi connectivity index (χ3n) is 6.65. The van der Waals surface area contributed by atoms with Gasteiger partial charge in [-0.05, 0) is 74.4 Å². The molecule has 9 nitrogen and oxygen atoms in total. The summed E-state index contributed by atoms with van der Waals surface area (Å²) in [5.74, 6) is 0.350. The van der Waals surface area contributed by atoms with Gasteiger partial charge < -0.3 is 19.7 Å².